The van der Waals surface area contributed by atoms with Gasteiger partial charge in [-0.25, -0.2) is 4.68 Å². The Morgan fingerprint density at radius 1 is 1.06 bits per heavy atom. The molecule has 2 aromatic heterocycles. The standard InChI is InChI=1S/C23H24N6O2/c24-13-11-17(16-7-3-1-4-8-16)12-14-29-20(30)15-19-21(28-29)22(27-26-19)25-23(31)18-9-5-2-6-10-18/h1-10,15,17,26H,11-14,24H2,(H,25,27,31). The fourth-order valence-electron chi connectivity index (χ4n) is 3.62. The van der Waals surface area contributed by atoms with Gasteiger partial charge < -0.3 is 11.1 Å². The van der Waals surface area contributed by atoms with Gasteiger partial charge in [0.05, 0.1) is 5.52 Å². The average Bonchev–Trinajstić information content (AvgIpc) is 3.18. The third-order valence-corrected chi connectivity index (χ3v) is 5.25. The molecule has 0 saturated heterocycles. The predicted molar refractivity (Wildman–Crippen MR) is 120 cm³/mol. The number of H-pyrrole nitrogens is 1. The minimum atomic E-state index is -0.291. The van der Waals surface area contributed by atoms with Gasteiger partial charge in [-0.3, -0.25) is 14.7 Å². The third-order valence-electron chi connectivity index (χ3n) is 5.25. The summed E-state index contributed by atoms with van der Waals surface area (Å²) in [5.74, 6) is 0.233. The topological polar surface area (TPSA) is 119 Å². The van der Waals surface area contributed by atoms with Crippen molar-refractivity contribution in [3.63, 3.8) is 0 Å². The van der Waals surface area contributed by atoms with E-state index in [0.29, 0.717) is 35.5 Å². The van der Waals surface area contributed by atoms with Crippen molar-refractivity contribution >= 4 is 22.8 Å². The van der Waals surface area contributed by atoms with Crippen LogP contribution in [-0.4, -0.2) is 32.4 Å². The molecule has 8 heteroatoms. The number of benzene rings is 2. The highest BCUT2D eigenvalue weighted by Gasteiger charge is 2.16. The van der Waals surface area contributed by atoms with Crippen molar-refractivity contribution in [2.75, 3.05) is 11.9 Å². The van der Waals surface area contributed by atoms with Gasteiger partial charge in [-0.15, -0.1) is 0 Å². The molecular formula is C23H24N6O2. The molecule has 2 aromatic carbocycles. The van der Waals surface area contributed by atoms with Crippen LogP contribution in [0, 0.1) is 0 Å². The monoisotopic (exact) mass is 416 g/mol. The third kappa shape index (κ3) is 4.70. The Bertz CT molecular complexity index is 1220. The van der Waals surface area contributed by atoms with E-state index in [0.717, 1.165) is 12.8 Å². The molecule has 4 rings (SSSR count). The normalized spacial score (nSPS) is 12.0. The van der Waals surface area contributed by atoms with E-state index in [4.69, 9.17) is 5.73 Å². The molecule has 0 aliphatic heterocycles. The predicted octanol–water partition coefficient (Wildman–Crippen LogP) is 2.89. The highest BCUT2D eigenvalue weighted by Crippen LogP contribution is 2.23. The lowest BCUT2D eigenvalue weighted by atomic mass is 9.92. The van der Waals surface area contributed by atoms with Gasteiger partial charge in [0.1, 0.15) is 0 Å². The van der Waals surface area contributed by atoms with Crippen LogP contribution in [0.1, 0.15) is 34.7 Å². The second-order valence-electron chi connectivity index (χ2n) is 7.33. The molecular weight excluding hydrogens is 392 g/mol. The van der Waals surface area contributed by atoms with Crippen molar-refractivity contribution < 1.29 is 4.79 Å². The van der Waals surface area contributed by atoms with Crippen molar-refractivity contribution in [2.45, 2.75) is 25.3 Å². The molecule has 1 unspecified atom stereocenters. The number of nitrogens with zero attached hydrogens (tertiary/aromatic N) is 3. The summed E-state index contributed by atoms with van der Waals surface area (Å²) in [5.41, 5.74) is 8.21. The van der Waals surface area contributed by atoms with Gasteiger partial charge in [-0.2, -0.15) is 10.2 Å². The summed E-state index contributed by atoms with van der Waals surface area (Å²) >= 11 is 0. The molecule has 0 aliphatic carbocycles. The van der Waals surface area contributed by atoms with Gasteiger partial charge in [0, 0.05) is 18.2 Å². The summed E-state index contributed by atoms with van der Waals surface area (Å²) in [6, 6.07) is 20.4. The number of nitrogens with two attached hydrogens (primary N) is 1. The zero-order chi connectivity index (χ0) is 21.6. The van der Waals surface area contributed by atoms with Crippen molar-refractivity contribution in [2.24, 2.45) is 5.73 Å². The van der Waals surface area contributed by atoms with Gasteiger partial charge in [0.15, 0.2) is 11.3 Å². The summed E-state index contributed by atoms with van der Waals surface area (Å²) in [5, 5.41) is 14.1. The van der Waals surface area contributed by atoms with Crippen LogP contribution in [0.2, 0.25) is 0 Å². The highest BCUT2D eigenvalue weighted by molar-refractivity contribution is 6.06. The molecule has 0 bridgehead atoms. The molecule has 4 N–H and O–H groups in total. The second-order valence-corrected chi connectivity index (χ2v) is 7.33. The number of anilines is 1. The van der Waals surface area contributed by atoms with Crippen molar-refractivity contribution in [1.29, 1.82) is 0 Å². The Balaban J connectivity index is 1.56. The first-order valence-corrected chi connectivity index (χ1v) is 10.2. The molecule has 0 fully saturated rings. The lowest BCUT2D eigenvalue weighted by Gasteiger charge is -2.17. The molecule has 1 amide bonds. The van der Waals surface area contributed by atoms with Crippen LogP contribution in [0.25, 0.3) is 11.0 Å². The van der Waals surface area contributed by atoms with E-state index in [2.05, 4.69) is 32.7 Å². The molecule has 31 heavy (non-hydrogen) atoms. The SMILES string of the molecule is NCCC(CCn1nc2c(NC(=O)c3ccccc3)n[nH]c2cc1=O)c1ccccc1. The maximum absolute atomic E-state index is 12.5. The van der Waals surface area contributed by atoms with Gasteiger partial charge in [0.2, 0.25) is 0 Å². The molecule has 0 spiro atoms. The minimum Gasteiger partial charge on any atom is -0.330 e. The summed E-state index contributed by atoms with van der Waals surface area (Å²) in [6.45, 7) is 1.00. The quantitative estimate of drug-likeness (QED) is 0.408. The summed E-state index contributed by atoms with van der Waals surface area (Å²) < 4.78 is 1.42. The lowest BCUT2D eigenvalue weighted by molar-refractivity contribution is 0.102. The van der Waals surface area contributed by atoms with E-state index in [-0.39, 0.29) is 17.4 Å². The number of hydrogen-bond donors (Lipinski definition) is 3. The minimum absolute atomic E-state index is 0.225. The Kier molecular flexibility index (Phi) is 6.18. The molecule has 158 valence electrons. The second kappa shape index (κ2) is 9.36. The van der Waals surface area contributed by atoms with Gasteiger partial charge in [-0.05, 0) is 43.0 Å². The van der Waals surface area contributed by atoms with Gasteiger partial charge in [-0.1, -0.05) is 48.5 Å². The van der Waals surface area contributed by atoms with Crippen LogP contribution >= 0.6 is 0 Å². The van der Waals surface area contributed by atoms with Crippen molar-refractivity contribution in [1.82, 2.24) is 20.0 Å². The van der Waals surface area contributed by atoms with Crippen LogP contribution in [0.15, 0.2) is 71.5 Å². The van der Waals surface area contributed by atoms with Crippen LogP contribution in [0.3, 0.4) is 0 Å². The summed E-state index contributed by atoms with van der Waals surface area (Å²) in [6.07, 6.45) is 1.55. The van der Waals surface area contributed by atoms with E-state index >= 15 is 0 Å². The van der Waals surface area contributed by atoms with Crippen LogP contribution in [-0.2, 0) is 6.54 Å². The number of aromatic nitrogens is 4. The van der Waals surface area contributed by atoms with E-state index in [1.807, 2.05) is 24.3 Å². The first-order valence-electron chi connectivity index (χ1n) is 10.2. The fraction of sp³-hybridized carbons (Fsp3) is 0.217. The molecule has 0 aliphatic rings. The number of carbonyl (C=O) groups excluding carboxylic acids is 1. The van der Waals surface area contributed by atoms with E-state index in [9.17, 15) is 9.59 Å². The van der Waals surface area contributed by atoms with Crippen molar-refractivity contribution in [3.05, 3.63) is 88.2 Å². The number of carbonyl (C=O) groups is 1. The largest absolute Gasteiger partial charge is 0.330 e. The Hall–Kier alpha value is -3.78. The highest BCUT2D eigenvalue weighted by atomic mass is 16.2. The maximum atomic E-state index is 12.5. The number of aryl methyl sites for hydroxylation is 1. The summed E-state index contributed by atoms with van der Waals surface area (Å²) in [7, 11) is 0. The van der Waals surface area contributed by atoms with E-state index in [1.165, 1.54) is 16.3 Å². The zero-order valence-electron chi connectivity index (χ0n) is 17.0. The molecule has 0 saturated carbocycles. The number of fused-ring (bicyclic) bond motifs is 1. The Morgan fingerprint density at radius 3 is 2.48 bits per heavy atom. The van der Waals surface area contributed by atoms with Gasteiger partial charge in [0.25, 0.3) is 11.5 Å². The van der Waals surface area contributed by atoms with Crippen LogP contribution in [0.4, 0.5) is 5.82 Å². The van der Waals surface area contributed by atoms with Crippen LogP contribution in [0.5, 0.6) is 0 Å². The number of amides is 1. The number of hydrogen-bond acceptors (Lipinski definition) is 5. The van der Waals surface area contributed by atoms with Crippen molar-refractivity contribution in [3.8, 4) is 0 Å². The van der Waals surface area contributed by atoms with E-state index in [1.54, 1.807) is 24.3 Å². The zero-order valence-corrected chi connectivity index (χ0v) is 17.0. The summed E-state index contributed by atoms with van der Waals surface area (Å²) in [4.78, 5) is 25.0. The molecule has 8 nitrogen and oxygen atoms in total. The average molecular weight is 416 g/mol. The van der Waals surface area contributed by atoms with E-state index < -0.39 is 0 Å². The molecule has 0 radical (unpaired) electrons. The van der Waals surface area contributed by atoms with Crippen LogP contribution < -0.4 is 16.6 Å². The van der Waals surface area contributed by atoms with Gasteiger partial charge >= 0.3 is 0 Å². The molecule has 2 heterocycles. The lowest BCUT2D eigenvalue weighted by Crippen LogP contribution is -2.23. The molecule has 1 atom stereocenters. The molecule has 4 aromatic rings. The fourth-order valence-corrected chi connectivity index (χ4v) is 3.62. The first-order chi connectivity index (χ1) is 15.2. The Labute approximate surface area is 179 Å². The first kappa shape index (κ1) is 20.5. The number of aromatic amines is 1. The maximum Gasteiger partial charge on any atom is 0.268 e. The number of nitrogens with one attached hydrogen (secondary N) is 2. The number of rotatable bonds is 8. The Morgan fingerprint density at radius 2 is 1.77 bits per heavy atom. The smallest absolute Gasteiger partial charge is 0.268 e.